The van der Waals surface area contributed by atoms with Gasteiger partial charge in [0.15, 0.2) is 5.43 Å². The Morgan fingerprint density at radius 1 is 1.10 bits per heavy atom. The largest absolute Gasteiger partial charge is 0.481 e. The van der Waals surface area contributed by atoms with E-state index in [2.05, 4.69) is 0 Å². The van der Waals surface area contributed by atoms with E-state index in [4.69, 9.17) is 5.11 Å². The number of hydrogen-bond acceptors (Lipinski definition) is 2. The van der Waals surface area contributed by atoms with Crippen molar-refractivity contribution in [1.82, 2.24) is 4.57 Å². The fourth-order valence-corrected chi connectivity index (χ4v) is 2.33. The van der Waals surface area contributed by atoms with E-state index in [0.29, 0.717) is 6.42 Å². The predicted octanol–water partition coefficient (Wildman–Crippen LogP) is 2.47. The Hall–Kier alpha value is -2.36. The van der Waals surface area contributed by atoms with Crippen molar-refractivity contribution in [3.05, 3.63) is 63.6 Å². The molecule has 0 amide bonds. The van der Waals surface area contributed by atoms with Gasteiger partial charge in [-0.2, -0.15) is 0 Å². The lowest BCUT2D eigenvalue weighted by molar-refractivity contribution is -0.136. The molecule has 0 aliphatic heterocycles. The van der Waals surface area contributed by atoms with Crippen molar-refractivity contribution >= 4 is 5.97 Å². The summed E-state index contributed by atoms with van der Waals surface area (Å²) >= 11 is 0. The molecule has 104 valence electrons. The zero-order valence-corrected chi connectivity index (χ0v) is 11.6. The summed E-state index contributed by atoms with van der Waals surface area (Å²) in [6, 6.07) is 10.9. The van der Waals surface area contributed by atoms with Crippen molar-refractivity contribution in [1.29, 1.82) is 0 Å². The molecule has 0 aliphatic carbocycles. The number of hydrogen-bond donors (Lipinski definition) is 1. The zero-order valence-electron chi connectivity index (χ0n) is 11.6. The zero-order chi connectivity index (χ0) is 14.7. The average molecular weight is 271 g/mol. The molecule has 1 aromatic heterocycles. The van der Waals surface area contributed by atoms with E-state index in [1.807, 2.05) is 42.7 Å². The van der Waals surface area contributed by atoms with Crippen molar-refractivity contribution in [2.45, 2.75) is 26.7 Å². The van der Waals surface area contributed by atoms with E-state index in [-0.39, 0.29) is 11.8 Å². The molecule has 1 aromatic carbocycles. The van der Waals surface area contributed by atoms with E-state index in [1.54, 1.807) is 12.1 Å². The molecule has 0 aliphatic rings. The number of carboxylic acids is 1. The summed E-state index contributed by atoms with van der Waals surface area (Å²) in [6.45, 7) is 3.79. The number of carboxylic acid groups (broad SMARTS) is 1. The molecule has 2 aromatic rings. The highest BCUT2D eigenvalue weighted by atomic mass is 16.4. The Kier molecular flexibility index (Phi) is 4.03. The number of nitrogens with zero attached hydrogens (tertiary/aromatic N) is 1. The van der Waals surface area contributed by atoms with Gasteiger partial charge in [-0.1, -0.05) is 12.1 Å². The van der Waals surface area contributed by atoms with Crippen LogP contribution in [0, 0.1) is 13.8 Å². The van der Waals surface area contributed by atoms with Crippen molar-refractivity contribution in [3.63, 3.8) is 0 Å². The maximum Gasteiger partial charge on any atom is 0.303 e. The number of aromatic nitrogens is 1. The molecule has 1 heterocycles. The molecular formula is C16H17NO3. The monoisotopic (exact) mass is 271 g/mol. The third-order valence-corrected chi connectivity index (χ3v) is 3.23. The standard InChI is InChI=1S/C16H17NO3/c1-11-9-15(18)10-12(2)17(11)14-6-3-13(4-7-14)5-8-16(19)20/h3-4,6-7,9-10H,5,8H2,1-2H3,(H,19,20). The summed E-state index contributed by atoms with van der Waals surface area (Å²) in [6.07, 6.45) is 0.660. The summed E-state index contributed by atoms with van der Waals surface area (Å²) in [7, 11) is 0. The number of pyridine rings is 1. The molecule has 0 unspecified atom stereocenters. The topological polar surface area (TPSA) is 59.3 Å². The Balaban J connectivity index is 2.31. The number of aryl methyl sites for hydroxylation is 3. The minimum atomic E-state index is -0.791. The van der Waals surface area contributed by atoms with Crippen molar-refractivity contribution in [2.75, 3.05) is 0 Å². The number of aliphatic carboxylic acids is 1. The Labute approximate surface area is 117 Å². The third-order valence-electron chi connectivity index (χ3n) is 3.23. The average Bonchev–Trinajstić information content (AvgIpc) is 2.36. The lowest BCUT2D eigenvalue weighted by Gasteiger charge is -2.14. The van der Waals surface area contributed by atoms with E-state index in [9.17, 15) is 9.59 Å². The van der Waals surface area contributed by atoms with Gasteiger partial charge < -0.3 is 9.67 Å². The maximum absolute atomic E-state index is 11.4. The summed E-state index contributed by atoms with van der Waals surface area (Å²) in [5.74, 6) is -0.791. The Bertz CT molecular complexity index is 658. The van der Waals surface area contributed by atoms with Crippen molar-refractivity contribution < 1.29 is 9.90 Å². The van der Waals surface area contributed by atoms with Gasteiger partial charge in [0, 0.05) is 35.6 Å². The predicted molar refractivity (Wildman–Crippen MR) is 77.5 cm³/mol. The van der Waals surface area contributed by atoms with Crippen LogP contribution in [0.15, 0.2) is 41.2 Å². The molecule has 0 spiro atoms. The molecule has 20 heavy (non-hydrogen) atoms. The first-order chi connectivity index (χ1) is 9.47. The molecule has 0 radical (unpaired) electrons. The van der Waals surface area contributed by atoms with Crippen LogP contribution >= 0.6 is 0 Å². The maximum atomic E-state index is 11.4. The Morgan fingerprint density at radius 2 is 1.65 bits per heavy atom. The normalized spacial score (nSPS) is 10.5. The van der Waals surface area contributed by atoms with E-state index in [1.165, 1.54) is 0 Å². The first-order valence-electron chi connectivity index (χ1n) is 6.49. The van der Waals surface area contributed by atoms with Gasteiger partial charge in [0.1, 0.15) is 0 Å². The summed E-state index contributed by atoms with van der Waals surface area (Å²) in [4.78, 5) is 22.0. The van der Waals surface area contributed by atoms with Gasteiger partial charge in [-0.3, -0.25) is 9.59 Å². The lowest BCUT2D eigenvalue weighted by atomic mass is 10.1. The van der Waals surface area contributed by atoms with Crippen LogP contribution in [0.1, 0.15) is 23.4 Å². The van der Waals surface area contributed by atoms with Gasteiger partial charge in [-0.25, -0.2) is 0 Å². The van der Waals surface area contributed by atoms with Gasteiger partial charge in [-0.05, 0) is 38.0 Å². The van der Waals surface area contributed by atoms with Crippen LogP contribution in [0.25, 0.3) is 5.69 Å². The van der Waals surface area contributed by atoms with E-state index >= 15 is 0 Å². The third kappa shape index (κ3) is 3.15. The highest BCUT2D eigenvalue weighted by Crippen LogP contribution is 2.15. The highest BCUT2D eigenvalue weighted by Gasteiger charge is 2.05. The van der Waals surface area contributed by atoms with Gasteiger partial charge in [0.05, 0.1) is 0 Å². The Morgan fingerprint density at radius 3 is 2.15 bits per heavy atom. The summed E-state index contributed by atoms with van der Waals surface area (Å²) in [5.41, 5.74) is 3.74. The second-order valence-electron chi connectivity index (χ2n) is 4.87. The second-order valence-corrected chi connectivity index (χ2v) is 4.87. The SMILES string of the molecule is Cc1cc(=O)cc(C)n1-c1ccc(CCC(=O)O)cc1. The first kappa shape index (κ1) is 14.1. The van der Waals surface area contributed by atoms with Crippen molar-refractivity contribution in [3.8, 4) is 5.69 Å². The number of carbonyl (C=O) groups is 1. The van der Waals surface area contributed by atoms with Crippen LogP contribution in [0.3, 0.4) is 0 Å². The van der Waals surface area contributed by atoms with Crippen molar-refractivity contribution in [2.24, 2.45) is 0 Å². The molecule has 0 saturated carbocycles. The fourth-order valence-electron chi connectivity index (χ4n) is 2.33. The molecule has 0 bridgehead atoms. The molecule has 0 atom stereocenters. The molecule has 4 nitrogen and oxygen atoms in total. The summed E-state index contributed by atoms with van der Waals surface area (Å²) in [5, 5.41) is 8.67. The van der Waals surface area contributed by atoms with Crippen LogP contribution in [-0.4, -0.2) is 15.6 Å². The van der Waals surface area contributed by atoms with Crippen LogP contribution in [0.4, 0.5) is 0 Å². The van der Waals surface area contributed by atoms with Crippen LogP contribution < -0.4 is 5.43 Å². The second kappa shape index (κ2) is 5.74. The number of benzene rings is 1. The van der Waals surface area contributed by atoms with Gasteiger partial charge >= 0.3 is 5.97 Å². The summed E-state index contributed by atoms with van der Waals surface area (Å²) < 4.78 is 2.00. The van der Waals surface area contributed by atoms with Crippen LogP contribution in [0.5, 0.6) is 0 Å². The minimum absolute atomic E-state index is 0.00864. The fraction of sp³-hybridized carbons (Fsp3) is 0.250. The lowest BCUT2D eigenvalue weighted by Crippen LogP contribution is -2.11. The molecule has 4 heteroatoms. The molecular weight excluding hydrogens is 254 g/mol. The first-order valence-corrected chi connectivity index (χ1v) is 6.49. The van der Waals surface area contributed by atoms with Gasteiger partial charge in [0.2, 0.25) is 0 Å². The van der Waals surface area contributed by atoms with Gasteiger partial charge in [-0.15, -0.1) is 0 Å². The van der Waals surface area contributed by atoms with Crippen LogP contribution in [-0.2, 0) is 11.2 Å². The quantitative estimate of drug-likeness (QED) is 0.929. The molecule has 1 N–H and O–H groups in total. The smallest absolute Gasteiger partial charge is 0.303 e. The highest BCUT2D eigenvalue weighted by molar-refractivity contribution is 5.67. The minimum Gasteiger partial charge on any atom is -0.481 e. The molecule has 0 saturated heterocycles. The van der Waals surface area contributed by atoms with Gasteiger partial charge in [0.25, 0.3) is 0 Å². The van der Waals surface area contributed by atoms with Crippen LogP contribution in [0.2, 0.25) is 0 Å². The molecule has 2 rings (SSSR count). The van der Waals surface area contributed by atoms with E-state index in [0.717, 1.165) is 22.6 Å². The molecule has 0 fully saturated rings. The van der Waals surface area contributed by atoms with E-state index < -0.39 is 5.97 Å². The number of rotatable bonds is 4.